The van der Waals surface area contributed by atoms with E-state index >= 15 is 0 Å². The first-order valence-corrected chi connectivity index (χ1v) is 9.97. The van der Waals surface area contributed by atoms with Crippen LogP contribution in [0.1, 0.15) is 35.7 Å². The van der Waals surface area contributed by atoms with Gasteiger partial charge in [-0.3, -0.25) is 4.79 Å². The van der Waals surface area contributed by atoms with Crippen molar-refractivity contribution < 1.29 is 27.2 Å². The van der Waals surface area contributed by atoms with Crippen molar-refractivity contribution in [1.29, 1.82) is 0 Å². The lowest BCUT2D eigenvalue weighted by molar-refractivity contribution is -0.137. The second-order valence-electron chi connectivity index (χ2n) is 7.48. The van der Waals surface area contributed by atoms with Gasteiger partial charge in [-0.1, -0.05) is 0 Å². The SMILES string of the molecule is CCNC(=O)N(C)CCN1CCC(CNC(=O)c2cc(F)cc(C(F)(F)F)c2)CC1. The Morgan fingerprint density at radius 3 is 2.43 bits per heavy atom. The fraction of sp³-hybridized carbons (Fsp3) is 0.600. The molecule has 0 bridgehead atoms. The molecule has 1 aromatic rings. The molecule has 0 unspecified atom stereocenters. The molecule has 30 heavy (non-hydrogen) atoms. The molecule has 1 aliphatic rings. The summed E-state index contributed by atoms with van der Waals surface area (Å²) in [6.07, 6.45) is -3.07. The molecule has 2 N–H and O–H groups in total. The minimum absolute atomic E-state index is 0.110. The number of urea groups is 1. The number of halogens is 4. The number of nitrogens with one attached hydrogen (secondary N) is 2. The number of alkyl halides is 3. The molecule has 3 amide bonds. The first-order chi connectivity index (χ1) is 14.1. The zero-order valence-corrected chi connectivity index (χ0v) is 17.2. The number of amides is 3. The number of likely N-dealkylation sites (tertiary alicyclic amines) is 1. The van der Waals surface area contributed by atoms with Crippen LogP contribution in [0, 0.1) is 11.7 Å². The fourth-order valence-corrected chi connectivity index (χ4v) is 3.32. The summed E-state index contributed by atoms with van der Waals surface area (Å²) in [6.45, 7) is 5.73. The maximum absolute atomic E-state index is 13.5. The van der Waals surface area contributed by atoms with Gasteiger partial charge in [0.2, 0.25) is 0 Å². The van der Waals surface area contributed by atoms with Crippen LogP contribution >= 0.6 is 0 Å². The van der Waals surface area contributed by atoms with Gasteiger partial charge in [0.15, 0.2) is 0 Å². The third-order valence-electron chi connectivity index (χ3n) is 5.17. The van der Waals surface area contributed by atoms with Crippen LogP contribution in [0.25, 0.3) is 0 Å². The first-order valence-electron chi connectivity index (χ1n) is 9.97. The van der Waals surface area contributed by atoms with Gasteiger partial charge in [0.1, 0.15) is 5.82 Å². The molecule has 1 fully saturated rings. The minimum Gasteiger partial charge on any atom is -0.352 e. The van der Waals surface area contributed by atoms with E-state index in [9.17, 15) is 27.2 Å². The molecule has 1 heterocycles. The number of hydrogen-bond acceptors (Lipinski definition) is 3. The van der Waals surface area contributed by atoms with Gasteiger partial charge in [-0.15, -0.1) is 0 Å². The van der Waals surface area contributed by atoms with E-state index in [1.54, 1.807) is 11.9 Å². The molecular formula is C20H28F4N4O2. The van der Waals surface area contributed by atoms with E-state index in [2.05, 4.69) is 15.5 Å². The van der Waals surface area contributed by atoms with E-state index < -0.39 is 23.5 Å². The fourth-order valence-electron chi connectivity index (χ4n) is 3.32. The van der Waals surface area contributed by atoms with Gasteiger partial charge < -0.3 is 20.4 Å². The van der Waals surface area contributed by atoms with E-state index in [4.69, 9.17) is 0 Å². The number of nitrogens with zero attached hydrogens (tertiary/aromatic N) is 2. The Balaban J connectivity index is 1.76. The summed E-state index contributed by atoms with van der Waals surface area (Å²) in [7, 11) is 1.74. The molecule has 10 heteroatoms. The summed E-state index contributed by atoms with van der Waals surface area (Å²) in [4.78, 5) is 27.7. The Morgan fingerprint density at radius 1 is 1.17 bits per heavy atom. The maximum atomic E-state index is 13.5. The van der Waals surface area contributed by atoms with Crippen molar-refractivity contribution in [3.05, 3.63) is 35.1 Å². The van der Waals surface area contributed by atoms with E-state index in [0.29, 0.717) is 31.8 Å². The Hall–Kier alpha value is -2.36. The molecule has 0 spiro atoms. The van der Waals surface area contributed by atoms with Gasteiger partial charge in [-0.05, 0) is 57.0 Å². The molecule has 0 aromatic heterocycles. The highest BCUT2D eigenvalue weighted by Gasteiger charge is 2.32. The van der Waals surface area contributed by atoms with Crippen LogP contribution in [0.4, 0.5) is 22.4 Å². The summed E-state index contributed by atoms with van der Waals surface area (Å²) in [6, 6.07) is 1.72. The summed E-state index contributed by atoms with van der Waals surface area (Å²) >= 11 is 0. The number of carbonyl (C=O) groups excluding carboxylic acids is 2. The van der Waals surface area contributed by atoms with Crippen molar-refractivity contribution in [2.45, 2.75) is 25.9 Å². The van der Waals surface area contributed by atoms with Crippen molar-refractivity contribution in [3.8, 4) is 0 Å². The number of rotatable bonds is 7. The standard InChI is InChI=1S/C20H28F4N4O2/c1-3-25-19(30)27(2)8-9-28-6-4-14(5-7-28)13-26-18(29)15-10-16(20(22,23)24)12-17(21)11-15/h10-12,14H,3-9,13H2,1-2H3,(H,25,30)(H,26,29). The summed E-state index contributed by atoms with van der Waals surface area (Å²) < 4.78 is 51.8. The van der Waals surface area contributed by atoms with Gasteiger partial charge in [-0.2, -0.15) is 13.2 Å². The highest BCUT2D eigenvalue weighted by atomic mass is 19.4. The number of piperidine rings is 1. The van der Waals surface area contributed by atoms with Crippen molar-refractivity contribution in [3.63, 3.8) is 0 Å². The van der Waals surface area contributed by atoms with Crippen molar-refractivity contribution in [1.82, 2.24) is 20.4 Å². The Bertz CT molecular complexity index is 734. The summed E-state index contributed by atoms with van der Waals surface area (Å²) in [5.74, 6) is -1.62. The predicted molar refractivity (Wildman–Crippen MR) is 105 cm³/mol. The topological polar surface area (TPSA) is 64.7 Å². The van der Waals surface area contributed by atoms with Gasteiger partial charge >= 0.3 is 12.2 Å². The third-order valence-corrected chi connectivity index (χ3v) is 5.17. The highest BCUT2D eigenvalue weighted by Crippen LogP contribution is 2.30. The molecule has 0 radical (unpaired) electrons. The predicted octanol–water partition coefficient (Wildman–Crippen LogP) is 2.95. The van der Waals surface area contributed by atoms with Crippen LogP contribution in [-0.4, -0.2) is 68.1 Å². The minimum atomic E-state index is -4.71. The van der Waals surface area contributed by atoms with Crippen LogP contribution in [-0.2, 0) is 6.18 Å². The molecule has 0 aliphatic carbocycles. The lowest BCUT2D eigenvalue weighted by Gasteiger charge is -2.33. The maximum Gasteiger partial charge on any atom is 0.416 e. The van der Waals surface area contributed by atoms with Gasteiger partial charge in [0.25, 0.3) is 5.91 Å². The molecule has 1 aliphatic heterocycles. The van der Waals surface area contributed by atoms with Crippen molar-refractivity contribution >= 4 is 11.9 Å². The first kappa shape index (κ1) is 23.9. The van der Waals surface area contributed by atoms with Crippen LogP contribution < -0.4 is 10.6 Å². The molecular weight excluding hydrogens is 404 g/mol. The lowest BCUT2D eigenvalue weighted by Crippen LogP contribution is -2.44. The summed E-state index contributed by atoms with van der Waals surface area (Å²) in [5, 5.41) is 5.35. The highest BCUT2D eigenvalue weighted by molar-refractivity contribution is 5.94. The Kier molecular flexibility index (Phi) is 8.45. The number of carbonyl (C=O) groups is 2. The van der Waals surface area contributed by atoms with Crippen LogP contribution in [0.2, 0.25) is 0 Å². The largest absolute Gasteiger partial charge is 0.416 e. The smallest absolute Gasteiger partial charge is 0.352 e. The Morgan fingerprint density at radius 2 is 1.83 bits per heavy atom. The summed E-state index contributed by atoms with van der Waals surface area (Å²) in [5.41, 5.74) is -1.52. The average Bonchev–Trinajstić information content (AvgIpc) is 2.70. The molecule has 1 saturated heterocycles. The number of benzene rings is 1. The zero-order valence-electron chi connectivity index (χ0n) is 17.2. The third kappa shape index (κ3) is 7.16. The Labute approximate surface area is 173 Å². The number of hydrogen-bond donors (Lipinski definition) is 2. The van der Waals surface area contributed by atoms with Crippen LogP contribution in [0.15, 0.2) is 18.2 Å². The second-order valence-corrected chi connectivity index (χ2v) is 7.48. The van der Waals surface area contributed by atoms with Crippen LogP contribution in [0.3, 0.4) is 0 Å². The molecule has 6 nitrogen and oxygen atoms in total. The monoisotopic (exact) mass is 432 g/mol. The molecule has 0 atom stereocenters. The molecule has 1 aromatic carbocycles. The second kappa shape index (κ2) is 10.6. The van der Waals surface area contributed by atoms with Crippen LogP contribution in [0.5, 0.6) is 0 Å². The van der Waals surface area contributed by atoms with E-state index in [0.717, 1.165) is 38.5 Å². The average molecular weight is 432 g/mol. The van der Waals surface area contributed by atoms with Gasteiger partial charge in [0.05, 0.1) is 5.56 Å². The molecule has 168 valence electrons. The lowest BCUT2D eigenvalue weighted by atomic mass is 9.96. The zero-order chi connectivity index (χ0) is 22.3. The van der Waals surface area contributed by atoms with E-state index in [-0.39, 0.29) is 17.5 Å². The normalized spacial score (nSPS) is 15.7. The van der Waals surface area contributed by atoms with Crippen molar-refractivity contribution in [2.24, 2.45) is 5.92 Å². The molecule has 2 rings (SSSR count). The number of likely N-dealkylation sites (N-methyl/N-ethyl adjacent to an activating group) is 1. The molecule has 0 saturated carbocycles. The van der Waals surface area contributed by atoms with E-state index in [1.807, 2.05) is 6.92 Å². The van der Waals surface area contributed by atoms with E-state index in [1.165, 1.54) is 0 Å². The van der Waals surface area contributed by atoms with Gasteiger partial charge in [0, 0.05) is 38.8 Å². The van der Waals surface area contributed by atoms with Gasteiger partial charge in [-0.25, -0.2) is 9.18 Å². The van der Waals surface area contributed by atoms with Crippen molar-refractivity contribution in [2.75, 3.05) is 46.3 Å². The quantitative estimate of drug-likeness (QED) is 0.652.